The first-order valence-corrected chi connectivity index (χ1v) is 6.43. The minimum atomic E-state index is -0.879. The van der Waals surface area contributed by atoms with E-state index in [1.807, 2.05) is 13.8 Å². The van der Waals surface area contributed by atoms with Gasteiger partial charge in [-0.2, -0.15) is 0 Å². The first-order valence-electron chi connectivity index (χ1n) is 6.43. The van der Waals surface area contributed by atoms with Gasteiger partial charge in [0.15, 0.2) is 0 Å². The smallest absolute Gasteiger partial charge is 0.305 e. The molecule has 1 saturated heterocycles. The molecule has 1 atom stereocenters. The van der Waals surface area contributed by atoms with Gasteiger partial charge in [0, 0.05) is 32.2 Å². The van der Waals surface area contributed by atoms with Gasteiger partial charge < -0.3 is 15.7 Å². The molecule has 0 aliphatic carbocycles. The van der Waals surface area contributed by atoms with Crippen molar-refractivity contribution in [1.29, 1.82) is 0 Å². The molecule has 104 valence electrons. The lowest BCUT2D eigenvalue weighted by Crippen LogP contribution is -2.50. The molecule has 0 aromatic heterocycles. The lowest BCUT2D eigenvalue weighted by Gasteiger charge is -2.28. The summed E-state index contributed by atoms with van der Waals surface area (Å²) in [6, 6.07) is -0.294. The van der Waals surface area contributed by atoms with E-state index in [9.17, 15) is 9.59 Å². The molecule has 1 aliphatic rings. The van der Waals surface area contributed by atoms with Gasteiger partial charge in [0.25, 0.3) is 0 Å². The van der Waals surface area contributed by atoms with Crippen LogP contribution in [-0.4, -0.2) is 60.6 Å². The normalized spacial score (nSPS) is 18.6. The third-order valence-electron chi connectivity index (χ3n) is 3.12. The van der Waals surface area contributed by atoms with E-state index in [1.165, 1.54) is 0 Å². The summed E-state index contributed by atoms with van der Waals surface area (Å²) in [6.45, 7) is 7.70. The minimum Gasteiger partial charge on any atom is -0.481 e. The predicted molar refractivity (Wildman–Crippen MR) is 68.3 cm³/mol. The Morgan fingerprint density at radius 2 is 1.94 bits per heavy atom. The van der Waals surface area contributed by atoms with Crippen LogP contribution in [0.4, 0.5) is 0 Å². The van der Waals surface area contributed by atoms with Crippen LogP contribution in [0.1, 0.15) is 20.3 Å². The van der Waals surface area contributed by atoms with Crippen molar-refractivity contribution >= 4 is 11.9 Å². The van der Waals surface area contributed by atoms with Crippen molar-refractivity contribution in [2.24, 2.45) is 5.92 Å². The standard InChI is InChI=1S/C12H23N3O3/c1-9(2)10(7-12(17)18)14-11(16)8-15-5-3-13-4-6-15/h9-10,13H,3-8H2,1-2H3,(H,14,16)(H,17,18). The van der Waals surface area contributed by atoms with Gasteiger partial charge >= 0.3 is 5.97 Å². The van der Waals surface area contributed by atoms with E-state index in [-0.39, 0.29) is 24.3 Å². The second kappa shape index (κ2) is 7.33. The van der Waals surface area contributed by atoms with Gasteiger partial charge in [-0.15, -0.1) is 0 Å². The van der Waals surface area contributed by atoms with Gasteiger partial charge in [-0.3, -0.25) is 14.5 Å². The summed E-state index contributed by atoms with van der Waals surface area (Å²) in [6.07, 6.45) is -0.0229. The van der Waals surface area contributed by atoms with Crippen molar-refractivity contribution in [2.75, 3.05) is 32.7 Å². The first kappa shape index (κ1) is 14.9. The van der Waals surface area contributed by atoms with Crippen LogP contribution in [0.3, 0.4) is 0 Å². The highest BCUT2D eigenvalue weighted by atomic mass is 16.4. The average Bonchev–Trinajstić information content (AvgIpc) is 2.28. The van der Waals surface area contributed by atoms with E-state index in [0.717, 1.165) is 26.2 Å². The Balaban J connectivity index is 2.37. The molecule has 0 bridgehead atoms. The Kier molecular flexibility index (Phi) is 6.07. The molecule has 1 rings (SSSR count). The number of nitrogens with zero attached hydrogens (tertiary/aromatic N) is 1. The van der Waals surface area contributed by atoms with Gasteiger partial charge in [0.1, 0.15) is 0 Å². The van der Waals surface area contributed by atoms with E-state index >= 15 is 0 Å². The monoisotopic (exact) mass is 257 g/mol. The Bertz CT molecular complexity index is 288. The Labute approximate surface area is 108 Å². The molecule has 0 radical (unpaired) electrons. The SMILES string of the molecule is CC(C)C(CC(=O)O)NC(=O)CN1CCNCC1. The third-order valence-corrected chi connectivity index (χ3v) is 3.12. The van der Waals surface area contributed by atoms with Crippen molar-refractivity contribution in [3.8, 4) is 0 Å². The van der Waals surface area contributed by atoms with Gasteiger partial charge in [0.2, 0.25) is 5.91 Å². The predicted octanol–water partition coefficient (Wildman–Crippen LogP) is -0.493. The van der Waals surface area contributed by atoms with Crippen molar-refractivity contribution < 1.29 is 14.7 Å². The third kappa shape index (κ3) is 5.46. The number of aliphatic carboxylic acids is 1. The fraction of sp³-hybridized carbons (Fsp3) is 0.833. The molecule has 6 heteroatoms. The second-order valence-corrected chi connectivity index (χ2v) is 5.04. The molecule has 0 spiro atoms. The number of piperazine rings is 1. The van der Waals surface area contributed by atoms with Gasteiger partial charge in [-0.25, -0.2) is 0 Å². The Morgan fingerprint density at radius 1 is 1.33 bits per heavy atom. The van der Waals surface area contributed by atoms with Gasteiger partial charge in [-0.1, -0.05) is 13.8 Å². The largest absolute Gasteiger partial charge is 0.481 e. The molecule has 0 aromatic carbocycles. The molecule has 1 heterocycles. The number of carboxylic acid groups (broad SMARTS) is 1. The average molecular weight is 257 g/mol. The van der Waals surface area contributed by atoms with E-state index in [0.29, 0.717) is 6.54 Å². The highest BCUT2D eigenvalue weighted by Gasteiger charge is 2.21. The number of rotatable bonds is 6. The topological polar surface area (TPSA) is 81.7 Å². The van der Waals surface area contributed by atoms with Crippen LogP contribution in [0.5, 0.6) is 0 Å². The van der Waals surface area contributed by atoms with Crippen molar-refractivity contribution in [3.63, 3.8) is 0 Å². The summed E-state index contributed by atoms with van der Waals surface area (Å²) in [7, 11) is 0. The second-order valence-electron chi connectivity index (χ2n) is 5.04. The molecule has 1 aliphatic heterocycles. The number of hydrogen-bond donors (Lipinski definition) is 3. The lowest BCUT2D eigenvalue weighted by molar-refractivity contribution is -0.138. The molecule has 3 N–H and O–H groups in total. The fourth-order valence-corrected chi connectivity index (χ4v) is 1.97. The van der Waals surface area contributed by atoms with Crippen molar-refractivity contribution in [2.45, 2.75) is 26.3 Å². The summed E-state index contributed by atoms with van der Waals surface area (Å²) < 4.78 is 0. The summed E-state index contributed by atoms with van der Waals surface area (Å²) in [5, 5.41) is 14.8. The Morgan fingerprint density at radius 3 is 2.44 bits per heavy atom. The molecule has 18 heavy (non-hydrogen) atoms. The zero-order valence-corrected chi connectivity index (χ0v) is 11.1. The van der Waals surface area contributed by atoms with Crippen molar-refractivity contribution in [3.05, 3.63) is 0 Å². The maximum Gasteiger partial charge on any atom is 0.305 e. The zero-order chi connectivity index (χ0) is 13.5. The summed E-state index contributed by atoms with van der Waals surface area (Å²) >= 11 is 0. The lowest BCUT2D eigenvalue weighted by atomic mass is 10.0. The molecule has 1 fully saturated rings. The van der Waals surface area contributed by atoms with Crippen LogP contribution >= 0.6 is 0 Å². The maximum atomic E-state index is 11.8. The molecule has 0 saturated carbocycles. The van der Waals surface area contributed by atoms with Crippen LogP contribution in [-0.2, 0) is 9.59 Å². The number of nitrogens with one attached hydrogen (secondary N) is 2. The minimum absolute atomic E-state index is 0.0229. The number of amides is 1. The van der Waals surface area contributed by atoms with Crippen LogP contribution < -0.4 is 10.6 Å². The summed E-state index contributed by atoms with van der Waals surface area (Å²) in [5.74, 6) is -0.846. The highest BCUT2D eigenvalue weighted by Crippen LogP contribution is 2.06. The molecule has 1 amide bonds. The molecule has 0 aromatic rings. The van der Waals surface area contributed by atoms with E-state index in [1.54, 1.807) is 0 Å². The number of hydrogen-bond acceptors (Lipinski definition) is 4. The highest BCUT2D eigenvalue weighted by molar-refractivity contribution is 5.79. The first-order chi connectivity index (χ1) is 8.49. The summed E-state index contributed by atoms with van der Waals surface area (Å²) in [4.78, 5) is 24.6. The Hall–Kier alpha value is -1.14. The quantitative estimate of drug-likeness (QED) is 0.598. The molecular formula is C12H23N3O3. The zero-order valence-electron chi connectivity index (χ0n) is 11.1. The van der Waals surface area contributed by atoms with Crippen LogP contribution in [0, 0.1) is 5.92 Å². The summed E-state index contributed by atoms with van der Waals surface area (Å²) in [5.41, 5.74) is 0. The maximum absolute atomic E-state index is 11.8. The molecule has 6 nitrogen and oxygen atoms in total. The fourth-order valence-electron chi connectivity index (χ4n) is 1.97. The van der Waals surface area contributed by atoms with Crippen LogP contribution in [0.2, 0.25) is 0 Å². The van der Waals surface area contributed by atoms with Crippen LogP contribution in [0.15, 0.2) is 0 Å². The number of carbonyl (C=O) groups is 2. The molecular weight excluding hydrogens is 234 g/mol. The van der Waals surface area contributed by atoms with Gasteiger partial charge in [0.05, 0.1) is 13.0 Å². The molecule has 1 unspecified atom stereocenters. The number of carbonyl (C=O) groups excluding carboxylic acids is 1. The van der Waals surface area contributed by atoms with E-state index < -0.39 is 5.97 Å². The van der Waals surface area contributed by atoms with E-state index in [2.05, 4.69) is 15.5 Å². The van der Waals surface area contributed by atoms with E-state index in [4.69, 9.17) is 5.11 Å². The number of carboxylic acids is 1. The van der Waals surface area contributed by atoms with Crippen LogP contribution in [0.25, 0.3) is 0 Å². The van der Waals surface area contributed by atoms with Crippen molar-refractivity contribution in [1.82, 2.24) is 15.5 Å². The van der Waals surface area contributed by atoms with Gasteiger partial charge in [-0.05, 0) is 5.92 Å².